The van der Waals surface area contributed by atoms with Crippen molar-refractivity contribution >= 4 is 21.4 Å². The van der Waals surface area contributed by atoms with Gasteiger partial charge >= 0.3 is 0 Å². The molecule has 1 saturated heterocycles. The molecule has 0 spiro atoms. The van der Waals surface area contributed by atoms with Crippen molar-refractivity contribution in [3.8, 4) is 0 Å². The van der Waals surface area contributed by atoms with Crippen LogP contribution in [0.5, 0.6) is 0 Å². The predicted molar refractivity (Wildman–Crippen MR) is 82.4 cm³/mol. The maximum atomic E-state index is 13.1. The van der Waals surface area contributed by atoms with Gasteiger partial charge in [0.05, 0.1) is 29.8 Å². The second-order valence-electron chi connectivity index (χ2n) is 5.59. The van der Waals surface area contributed by atoms with Gasteiger partial charge in [0.15, 0.2) is 0 Å². The molecule has 0 radical (unpaired) electrons. The molecular weight excluding hydrogens is 302 g/mol. The van der Waals surface area contributed by atoms with E-state index in [1.165, 1.54) is 6.20 Å². The summed E-state index contributed by atoms with van der Waals surface area (Å²) >= 11 is 0. The zero-order valence-corrected chi connectivity index (χ0v) is 13.1. The minimum absolute atomic E-state index is 0.0233. The fraction of sp³-hybridized carbons (Fsp3) is 0.429. The van der Waals surface area contributed by atoms with Gasteiger partial charge in [0.25, 0.3) is 10.0 Å². The van der Waals surface area contributed by atoms with Crippen LogP contribution >= 0.6 is 0 Å². The molecule has 0 aliphatic carbocycles. The van der Waals surface area contributed by atoms with E-state index >= 15 is 0 Å². The molecule has 7 nitrogen and oxygen atoms in total. The van der Waals surface area contributed by atoms with Crippen LogP contribution in [-0.2, 0) is 16.6 Å². The van der Waals surface area contributed by atoms with Crippen LogP contribution in [0.4, 0.5) is 11.4 Å². The zero-order valence-electron chi connectivity index (χ0n) is 12.3. The van der Waals surface area contributed by atoms with Crippen LogP contribution in [0.2, 0.25) is 0 Å². The lowest BCUT2D eigenvalue weighted by molar-refractivity contribution is 0.578. The van der Waals surface area contributed by atoms with Crippen molar-refractivity contribution < 1.29 is 8.42 Å². The van der Waals surface area contributed by atoms with Gasteiger partial charge in [0, 0.05) is 32.0 Å². The first kappa shape index (κ1) is 13.6. The molecule has 0 N–H and O–H groups in total. The van der Waals surface area contributed by atoms with Gasteiger partial charge in [-0.15, -0.1) is 0 Å². The minimum Gasteiger partial charge on any atom is -0.366 e. The number of nitrogens with zero attached hydrogens (tertiary/aromatic N) is 5. The Labute approximate surface area is 129 Å². The first-order valence-corrected chi connectivity index (χ1v) is 8.81. The Hall–Kier alpha value is -2.09. The Morgan fingerprint density at radius 1 is 1.32 bits per heavy atom. The van der Waals surface area contributed by atoms with E-state index in [0.29, 0.717) is 12.2 Å². The molecule has 1 fully saturated rings. The number of fused-ring (bicyclic) bond motifs is 4. The van der Waals surface area contributed by atoms with E-state index in [9.17, 15) is 8.42 Å². The van der Waals surface area contributed by atoms with Crippen LogP contribution in [0.1, 0.15) is 13.3 Å². The minimum atomic E-state index is -3.60. The Morgan fingerprint density at radius 3 is 2.95 bits per heavy atom. The molecule has 0 saturated carbocycles. The van der Waals surface area contributed by atoms with Crippen LogP contribution in [0.3, 0.4) is 0 Å². The lowest BCUT2D eigenvalue weighted by atomic mass is 10.2. The summed E-state index contributed by atoms with van der Waals surface area (Å²) in [7, 11) is -3.60. The van der Waals surface area contributed by atoms with Gasteiger partial charge in [-0.3, -0.25) is 14.0 Å². The number of anilines is 2. The highest BCUT2D eigenvalue weighted by molar-refractivity contribution is 7.92. The van der Waals surface area contributed by atoms with Crippen molar-refractivity contribution in [1.29, 1.82) is 0 Å². The first-order chi connectivity index (χ1) is 10.6. The lowest BCUT2D eigenvalue weighted by Gasteiger charge is -2.36. The second kappa shape index (κ2) is 4.70. The molecule has 0 aromatic carbocycles. The Bertz CT molecular complexity index is 816. The average molecular weight is 319 g/mol. The second-order valence-corrected chi connectivity index (χ2v) is 7.40. The third-order valence-electron chi connectivity index (χ3n) is 4.34. The summed E-state index contributed by atoms with van der Waals surface area (Å²) in [4.78, 5) is 6.59. The molecular formula is C14H17N5O2S. The largest absolute Gasteiger partial charge is 0.366 e. The number of hydrogen-bond acceptors (Lipinski definition) is 5. The SMILES string of the molecule is CCn1cc(S(=O)(=O)N2c3ccncc3N3CCC2C3)cn1. The maximum Gasteiger partial charge on any atom is 0.267 e. The molecule has 4 rings (SSSR count). The van der Waals surface area contributed by atoms with Crippen molar-refractivity contribution in [3.05, 3.63) is 30.9 Å². The highest BCUT2D eigenvalue weighted by Gasteiger charge is 2.42. The number of sulfonamides is 1. The molecule has 1 unspecified atom stereocenters. The van der Waals surface area contributed by atoms with E-state index in [-0.39, 0.29) is 10.9 Å². The molecule has 2 aliphatic heterocycles. The quantitative estimate of drug-likeness (QED) is 0.847. The van der Waals surface area contributed by atoms with Gasteiger partial charge in [-0.1, -0.05) is 0 Å². The van der Waals surface area contributed by atoms with Gasteiger partial charge in [-0.2, -0.15) is 5.10 Å². The Kier molecular flexibility index (Phi) is 2.90. The maximum absolute atomic E-state index is 13.1. The predicted octanol–water partition coefficient (Wildman–Crippen LogP) is 1.09. The molecule has 4 heterocycles. The van der Waals surface area contributed by atoms with E-state index < -0.39 is 10.0 Å². The van der Waals surface area contributed by atoms with Gasteiger partial charge in [0.2, 0.25) is 0 Å². The number of rotatable bonds is 3. The van der Waals surface area contributed by atoms with Crippen LogP contribution in [0.15, 0.2) is 35.7 Å². The molecule has 2 bridgehead atoms. The van der Waals surface area contributed by atoms with E-state index in [2.05, 4.69) is 15.0 Å². The summed E-state index contributed by atoms with van der Waals surface area (Å²) in [6.45, 7) is 4.16. The molecule has 116 valence electrons. The molecule has 1 atom stereocenters. The third kappa shape index (κ3) is 1.83. The van der Waals surface area contributed by atoms with E-state index in [1.54, 1.807) is 33.6 Å². The molecule has 2 aliphatic rings. The highest BCUT2D eigenvalue weighted by Crippen LogP contribution is 2.42. The van der Waals surface area contributed by atoms with Crippen molar-refractivity contribution in [2.75, 3.05) is 22.3 Å². The summed E-state index contributed by atoms with van der Waals surface area (Å²) in [6, 6.07) is 1.76. The molecule has 8 heteroatoms. The molecule has 0 amide bonds. The standard InChI is InChI=1S/C14H17N5O2S/c1-2-18-10-12(7-16-18)22(20,21)19-11-4-6-17(9-11)14-8-15-5-3-13(14)19/h3,5,7-8,10-11H,2,4,6,9H2,1H3. The summed E-state index contributed by atoms with van der Waals surface area (Å²) in [5, 5.41) is 4.10. The summed E-state index contributed by atoms with van der Waals surface area (Å²) in [5.74, 6) is 0. The van der Waals surface area contributed by atoms with E-state index in [0.717, 1.165) is 25.2 Å². The van der Waals surface area contributed by atoms with Gasteiger partial charge in [-0.25, -0.2) is 8.42 Å². The van der Waals surface area contributed by atoms with Crippen molar-refractivity contribution in [3.63, 3.8) is 0 Å². The Balaban J connectivity index is 1.85. The normalized spacial score (nSPS) is 20.3. The van der Waals surface area contributed by atoms with Crippen molar-refractivity contribution in [1.82, 2.24) is 14.8 Å². The Morgan fingerprint density at radius 2 is 2.18 bits per heavy atom. The fourth-order valence-corrected chi connectivity index (χ4v) is 4.89. The number of hydrogen-bond donors (Lipinski definition) is 0. The van der Waals surface area contributed by atoms with Crippen LogP contribution in [-0.4, -0.2) is 42.3 Å². The van der Waals surface area contributed by atoms with Crippen LogP contribution in [0, 0.1) is 0 Å². The summed E-state index contributed by atoms with van der Waals surface area (Å²) in [5.41, 5.74) is 1.61. The number of aryl methyl sites for hydroxylation is 1. The summed E-state index contributed by atoms with van der Waals surface area (Å²) in [6.07, 6.45) is 7.24. The number of pyridine rings is 1. The third-order valence-corrected chi connectivity index (χ3v) is 6.16. The van der Waals surface area contributed by atoms with Gasteiger partial charge in [0.1, 0.15) is 4.90 Å². The van der Waals surface area contributed by atoms with Gasteiger partial charge in [-0.05, 0) is 19.4 Å². The molecule has 2 aromatic heterocycles. The van der Waals surface area contributed by atoms with E-state index in [4.69, 9.17) is 0 Å². The first-order valence-electron chi connectivity index (χ1n) is 7.37. The summed E-state index contributed by atoms with van der Waals surface area (Å²) < 4.78 is 29.4. The topological polar surface area (TPSA) is 71.3 Å². The fourth-order valence-electron chi connectivity index (χ4n) is 3.25. The zero-order chi connectivity index (χ0) is 15.3. The van der Waals surface area contributed by atoms with Crippen LogP contribution < -0.4 is 9.21 Å². The van der Waals surface area contributed by atoms with E-state index in [1.807, 2.05) is 6.92 Å². The molecule has 22 heavy (non-hydrogen) atoms. The molecule has 2 aromatic rings. The lowest BCUT2D eigenvalue weighted by Crippen LogP contribution is -2.45. The van der Waals surface area contributed by atoms with Crippen molar-refractivity contribution in [2.45, 2.75) is 30.8 Å². The van der Waals surface area contributed by atoms with Gasteiger partial charge < -0.3 is 4.90 Å². The number of aromatic nitrogens is 3. The smallest absolute Gasteiger partial charge is 0.267 e. The average Bonchev–Trinajstić information content (AvgIpc) is 3.15. The monoisotopic (exact) mass is 319 g/mol. The van der Waals surface area contributed by atoms with Crippen molar-refractivity contribution in [2.24, 2.45) is 0 Å². The van der Waals surface area contributed by atoms with Crippen LogP contribution in [0.25, 0.3) is 0 Å². The highest BCUT2D eigenvalue weighted by atomic mass is 32.2.